The second-order valence-corrected chi connectivity index (χ2v) is 8.56. The topological polar surface area (TPSA) is 117 Å². The van der Waals surface area contributed by atoms with Gasteiger partial charge in [0.25, 0.3) is 0 Å². The number of ether oxygens (including phenoxy) is 3. The van der Waals surface area contributed by atoms with E-state index >= 15 is 0 Å². The standard InChI is InChI=1S/C19H23Br2N7O4/c1-30-13-10-12(14(20)15(21)16(13)29)11-22-26-17-23-18(27-2-6-31-7-3-27)25-19(24-17)28-4-8-32-9-5-28/h10-11,29H,2-9H2,1H3,(H,23,24,25,26). The zero-order chi connectivity index (χ0) is 22.5. The van der Waals surface area contributed by atoms with E-state index in [1.54, 1.807) is 12.3 Å². The summed E-state index contributed by atoms with van der Waals surface area (Å²) in [7, 11) is 1.49. The fourth-order valence-electron chi connectivity index (χ4n) is 3.23. The van der Waals surface area contributed by atoms with Crippen molar-refractivity contribution in [1.29, 1.82) is 0 Å². The van der Waals surface area contributed by atoms with Gasteiger partial charge in [0.05, 0.1) is 44.2 Å². The smallest absolute Gasteiger partial charge is 0.250 e. The van der Waals surface area contributed by atoms with Gasteiger partial charge in [0.1, 0.15) is 0 Å². The molecule has 2 aromatic rings. The van der Waals surface area contributed by atoms with Gasteiger partial charge in [0, 0.05) is 36.2 Å². The van der Waals surface area contributed by atoms with E-state index < -0.39 is 0 Å². The molecule has 2 aliphatic rings. The Balaban J connectivity index is 1.59. The number of methoxy groups -OCH3 is 1. The first-order valence-electron chi connectivity index (χ1n) is 10.0. The highest BCUT2D eigenvalue weighted by Gasteiger charge is 2.20. The van der Waals surface area contributed by atoms with Gasteiger partial charge in [-0.05, 0) is 37.9 Å². The Morgan fingerprint density at radius 2 is 1.56 bits per heavy atom. The largest absolute Gasteiger partial charge is 0.503 e. The van der Waals surface area contributed by atoms with Crippen LogP contribution in [0.4, 0.5) is 17.8 Å². The van der Waals surface area contributed by atoms with Gasteiger partial charge in [-0.3, -0.25) is 0 Å². The van der Waals surface area contributed by atoms with E-state index in [0.717, 1.165) is 0 Å². The van der Waals surface area contributed by atoms with Crippen LogP contribution in [-0.4, -0.2) is 86.0 Å². The van der Waals surface area contributed by atoms with E-state index in [9.17, 15) is 5.11 Å². The molecule has 0 aliphatic carbocycles. The first-order chi connectivity index (χ1) is 15.6. The minimum absolute atomic E-state index is 0.00672. The van der Waals surface area contributed by atoms with Gasteiger partial charge in [-0.15, -0.1) is 0 Å². The first kappa shape index (κ1) is 23.0. The molecule has 0 radical (unpaired) electrons. The van der Waals surface area contributed by atoms with E-state index in [4.69, 9.17) is 14.2 Å². The number of anilines is 3. The van der Waals surface area contributed by atoms with Crippen molar-refractivity contribution in [2.45, 2.75) is 0 Å². The average Bonchev–Trinajstić information content (AvgIpc) is 2.85. The summed E-state index contributed by atoms with van der Waals surface area (Å²) in [6, 6.07) is 1.67. The third-order valence-electron chi connectivity index (χ3n) is 4.96. The maximum atomic E-state index is 10.1. The second kappa shape index (κ2) is 10.6. The summed E-state index contributed by atoms with van der Waals surface area (Å²) in [4.78, 5) is 17.9. The van der Waals surface area contributed by atoms with E-state index in [-0.39, 0.29) is 5.75 Å². The van der Waals surface area contributed by atoms with Gasteiger partial charge in [0.2, 0.25) is 17.8 Å². The zero-order valence-electron chi connectivity index (χ0n) is 17.4. The number of rotatable bonds is 6. The van der Waals surface area contributed by atoms with Crippen molar-refractivity contribution in [1.82, 2.24) is 15.0 Å². The summed E-state index contributed by atoms with van der Waals surface area (Å²) >= 11 is 6.79. The van der Waals surface area contributed by atoms with Crippen LogP contribution in [0.25, 0.3) is 0 Å². The van der Waals surface area contributed by atoms with Crippen molar-refractivity contribution in [2.75, 3.05) is 74.9 Å². The second-order valence-electron chi connectivity index (χ2n) is 6.97. The summed E-state index contributed by atoms with van der Waals surface area (Å²) in [6.07, 6.45) is 1.59. The lowest BCUT2D eigenvalue weighted by molar-refractivity contribution is 0.121. The molecule has 3 heterocycles. The quantitative estimate of drug-likeness (QED) is 0.394. The normalized spacial score (nSPS) is 17.1. The van der Waals surface area contributed by atoms with Gasteiger partial charge in [-0.25, -0.2) is 5.43 Å². The number of nitrogens with one attached hydrogen (secondary N) is 1. The zero-order valence-corrected chi connectivity index (χ0v) is 20.6. The molecular formula is C19H23Br2N7O4. The lowest BCUT2D eigenvalue weighted by Crippen LogP contribution is -2.40. The molecule has 2 N–H and O–H groups in total. The summed E-state index contributed by atoms with van der Waals surface area (Å²) < 4.78 is 17.2. The number of aromatic hydroxyl groups is 1. The Kier molecular flexibility index (Phi) is 7.60. The molecule has 0 atom stereocenters. The molecule has 0 bridgehead atoms. The third kappa shape index (κ3) is 5.22. The van der Waals surface area contributed by atoms with Crippen molar-refractivity contribution >= 4 is 55.9 Å². The third-order valence-corrected chi connectivity index (χ3v) is 7.12. The lowest BCUT2D eigenvalue weighted by Gasteiger charge is -2.30. The van der Waals surface area contributed by atoms with E-state index in [1.807, 2.05) is 0 Å². The Morgan fingerprint density at radius 3 is 2.09 bits per heavy atom. The van der Waals surface area contributed by atoms with E-state index in [1.165, 1.54) is 7.11 Å². The van der Waals surface area contributed by atoms with Crippen molar-refractivity contribution < 1.29 is 19.3 Å². The van der Waals surface area contributed by atoms with Crippen LogP contribution in [0.1, 0.15) is 5.56 Å². The molecular weight excluding hydrogens is 550 g/mol. The fraction of sp³-hybridized carbons (Fsp3) is 0.474. The predicted molar refractivity (Wildman–Crippen MR) is 127 cm³/mol. The molecule has 32 heavy (non-hydrogen) atoms. The maximum absolute atomic E-state index is 10.1. The number of hydrazone groups is 1. The van der Waals surface area contributed by atoms with Crippen LogP contribution in [0, 0.1) is 0 Å². The number of hydrogen-bond donors (Lipinski definition) is 2. The molecule has 0 unspecified atom stereocenters. The molecule has 0 amide bonds. The number of aromatic nitrogens is 3. The summed E-state index contributed by atoms with van der Waals surface area (Å²) in [5, 5.41) is 14.4. The number of phenols is 1. The molecule has 2 aliphatic heterocycles. The maximum Gasteiger partial charge on any atom is 0.250 e. The summed E-state index contributed by atoms with van der Waals surface area (Å²) in [6.45, 7) is 5.37. The van der Waals surface area contributed by atoms with Crippen molar-refractivity contribution in [2.24, 2.45) is 5.10 Å². The Morgan fingerprint density at radius 1 is 1.00 bits per heavy atom. The van der Waals surface area contributed by atoms with Crippen LogP contribution in [0.5, 0.6) is 11.5 Å². The number of halogens is 2. The van der Waals surface area contributed by atoms with Crippen LogP contribution < -0.4 is 20.0 Å². The fourth-order valence-corrected chi connectivity index (χ4v) is 4.06. The first-order valence-corrected chi connectivity index (χ1v) is 11.6. The van der Waals surface area contributed by atoms with Crippen molar-refractivity contribution in [3.05, 3.63) is 20.6 Å². The van der Waals surface area contributed by atoms with Crippen LogP contribution in [0.15, 0.2) is 20.1 Å². The minimum atomic E-state index is 0.00672. The Hall–Kier alpha value is -2.22. The molecule has 0 spiro atoms. The molecule has 172 valence electrons. The monoisotopic (exact) mass is 571 g/mol. The van der Waals surface area contributed by atoms with Gasteiger partial charge < -0.3 is 29.1 Å². The SMILES string of the molecule is COc1cc(C=NNc2nc(N3CCOCC3)nc(N3CCOCC3)n2)c(Br)c(Br)c1O. The van der Waals surface area contributed by atoms with Crippen LogP contribution in [0.2, 0.25) is 0 Å². The van der Waals surface area contributed by atoms with Crippen LogP contribution >= 0.6 is 31.9 Å². The molecule has 11 nitrogen and oxygen atoms in total. The molecule has 2 fully saturated rings. The highest BCUT2D eigenvalue weighted by atomic mass is 79.9. The molecule has 2 saturated heterocycles. The molecule has 0 saturated carbocycles. The number of morpholine rings is 2. The number of benzene rings is 1. The van der Waals surface area contributed by atoms with Crippen LogP contribution in [0.3, 0.4) is 0 Å². The minimum Gasteiger partial charge on any atom is -0.503 e. The highest BCUT2D eigenvalue weighted by Crippen LogP contribution is 2.41. The average molecular weight is 573 g/mol. The number of hydrogen-bond acceptors (Lipinski definition) is 11. The van der Waals surface area contributed by atoms with Crippen LogP contribution in [-0.2, 0) is 9.47 Å². The molecule has 1 aromatic heterocycles. The number of phenolic OH excluding ortho intramolecular Hbond substituents is 1. The summed E-state index contributed by atoms with van der Waals surface area (Å²) in [5.74, 6) is 1.83. The Bertz CT molecular complexity index is 946. The Labute approximate surface area is 202 Å². The lowest BCUT2D eigenvalue weighted by atomic mass is 10.2. The molecule has 4 rings (SSSR count). The van der Waals surface area contributed by atoms with E-state index in [2.05, 4.69) is 67.1 Å². The molecule has 13 heteroatoms. The number of nitrogens with zero attached hydrogens (tertiary/aromatic N) is 6. The van der Waals surface area contributed by atoms with E-state index in [0.29, 0.717) is 90.7 Å². The van der Waals surface area contributed by atoms with Gasteiger partial charge >= 0.3 is 0 Å². The highest BCUT2D eigenvalue weighted by molar-refractivity contribution is 9.13. The molecule has 1 aromatic carbocycles. The predicted octanol–water partition coefficient (Wildman–Crippen LogP) is 2.23. The van der Waals surface area contributed by atoms with Gasteiger partial charge in [-0.1, -0.05) is 0 Å². The summed E-state index contributed by atoms with van der Waals surface area (Å²) in [5.41, 5.74) is 3.59. The van der Waals surface area contributed by atoms with Crippen molar-refractivity contribution in [3.8, 4) is 11.5 Å². The van der Waals surface area contributed by atoms with Gasteiger partial charge in [-0.2, -0.15) is 20.1 Å². The van der Waals surface area contributed by atoms with Crippen molar-refractivity contribution in [3.63, 3.8) is 0 Å². The van der Waals surface area contributed by atoms with Gasteiger partial charge in [0.15, 0.2) is 11.5 Å².